The molecule has 18 heavy (non-hydrogen) atoms. The number of nitro groups is 1. The maximum absolute atomic E-state index is 10.9. The Morgan fingerprint density at radius 1 is 1.33 bits per heavy atom. The fourth-order valence-corrected chi connectivity index (χ4v) is 2.35. The summed E-state index contributed by atoms with van der Waals surface area (Å²) in [7, 11) is 1.80. The van der Waals surface area contributed by atoms with E-state index in [0.717, 1.165) is 26.2 Å². The third-order valence-electron chi connectivity index (χ3n) is 3.40. The first kappa shape index (κ1) is 12.8. The van der Waals surface area contributed by atoms with E-state index in [1.807, 2.05) is 4.90 Å². The van der Waals surface area contributed by atoms with Gasteiger partial charge in [-0.05, 0) is 23.8 Å². The quantitative estimate of drug-likeness (QED) is 0.590. The van der Waals surface area contributed by atoms with Crippen LogP contribution in [0.4, 0.5) is 11.6 Å². The van der Waals surface area contributed by atoms with Crippen LogP contribution < -0.4 is 4.90 Å². The van der Waals surface area contributed by atoms with Crippen molar-refractivity contribution in [3.05, 3.63) is 16.4 Å². The standard InChI is InChI=1S/C11H19N5O2/c1-9(2)14-4-6-15(7-5-14)11-10(16(17)18)12-8-13(11)3/h8-9H,4-7H2,1-3H3. The predicted octanol–water partition coefficient (Wildman–Crippen LogP) is 0.859. The summed E-state index contributed by atoms with van der Waals surface area (Å²) in [4.78, 5) is 18.8. The average molecular weight is 253 g/mol. The van der Waals surface area contributed by atoms with Crippen molar-refractivity contribution in [2.24, 2.45) is 7.05 Å². The summed E-state index contributed by atoms with van der Waals surface area (Å²) >= 11 is 0. The monoisotopic (exact) mass is 253 g/mol. The Morgan fingerprint density at radius 3 is 2.44 bits per heavy atom. The van der Waals surface area contributed by atoms with Crippen LogP contribution in [0.2, 0.25) is 0 Å². The Labute approximate surface area is 106 Å². The molecular weight excluding hydrogens is 234 g/mol. The Hall–Kier alpha value is -1.63. The average Bonchev–Trinajstić information content (AvgIpc) is 2.71. The van der Waals surface area contributed by atoms with Crippen LogP contribution in [0, 0.1) is 10.1 Å². The Morgan fingerprint density at radius 2 is 1.94 bits per heavy atom. The Kier molecular flexibility index (Phi) is 3.51. The summed E-state index contributed by atoms with van der Waals surface area (Å²) in [5.74, 6) is 0.568. The molecule has 0 bridgehead atoms. The first-order chi connectivity index (χ1) is 8.50. The zero-order valence-electron chi connectivity index (χ0n) is 11.0. The minimum atomic E-state index is -0.413. The fraction of sp³-hybridized carbons (Fsp3) is 0.727. The number of piperazine rings is 1. The third kappa shape index (κ3) is 2.31. The van der Waals surface area contributed by atoms with Crippen LogP contribution in [0.5, 0.6) is 0 Å². The van der Waals surface area contributed by atoms with Crippen molar-refractivity contribution in [3.8, 4) is 0 Å². The van der Waals surface area contributed by atoms with Gasteiger partial charge in [0.2, 0.25) is 12.1 Å². The normalized spacial score (nSPS) is 17.4. The largest absolute Gasteiger partial charge is 0.406 e. The topological polar surface area (TPSA) is 67.4 Å². The summed E-state index contributed by atoms with van der Waals surface area (Å²) in [5.41, 5.74) is 0. The number of hydrogen-bond acceptors (Lipinski definition) is 5. The highest BCUT2D eigenvalue weighted by Crippen LogP contribution is 2.26. The number of aryl methyl sites for hydroxylation is 1. The maximum Gasteiger partial charge on any atom is 0.406 e. The molecule has 1 fully saturated rings. The molecule has 1 aromatic rings. The molecule has 1 aliphatic rings. The molecule has 7 heteroatoms. The molecule has 1 aliphatic heterocycles. The van der Waals surface area contributed by atoms with E-state index in [-0.39, 0.29) is 5.82 Å². The highest BCUT2D eigenvalue weighted by molar-refractivity contribution is 5.54. The van der Waals surface area contributed by atoms with Gasteiger partial charge in [-0.25, -0.2) is 0 Å². The lowest BCUT2D eigenvalue weighted by Crippen LogP contribution is -2.49. The van der Waals surface area contributed by atoms with Gasteiger partial charge in [0.1, 0.15) is 0 Å². The summed E-state index contributed by atoms with van der Waals surface area (Å²) in [5, 5.41) is 10.9. The van der Waals surface area contributed by atoms with Gasteiger partial charge in [-0.15, -0.1) is 0 Å². The van der Waals surface area contributed by atoms with E-state index < -0.39 is 4.92 Å². The number of aromatic nitrogens is 2. The van der Waals surface area contributed by atoms with Gasteiger partial charge in [0.25, 0.3) is 0 Å². The van der Waals surface area contributed by atoms with Crippen molar-refractivity contribution in [1.29, 1.82) is 0 Å². The van der Waals surface area contributed by atoms with Gasteiger partial charge in [-0.1, -0.05) is 0 Å². The molecule has 0 spiro atoms. The molecule has 0 N–H and O–H groups in total. The van der Waals surface area contributed by atoms with Gasteiger partial charge >= 0.3 is 5.82 Å². The van der Waals surface area contributed by atoms with E-state index >= 15 is 0 Å². The second-order valence-corrected chi connectivity index (χ2v) is 4.88. The highest BCUT2D eigenvalue weighted by atomic mass is 16.6. The van der Waals surface area contributed by atoms with Crippen LogP contribution in [0.15, 0.2) is 6.33 Å². The molecule has 0 aliphatic carbocycles. The number of anilines is 1. The van der Waals surface area contributed by atoms with Crippen molar-refractivity contribution in [2.45, 2.75) is 19.9 Å². The molecule has 0 atom stereocenters. The number of rotatable bonds is 3. The first-order valence-electron chi connectivity index (χ1n) is 6.15. The molecule has 1 saturated heterocycles. The van der Waals surface area contributed by atoms with Crippen LogP contribution >= 0.6 is 0 Å². The van der Waals surface area contributed by atoms with E-state index in [0.29, 0.717) is 11.9 Å². The van der Waals surface area contributed by atoms with Gasteiger partial charge in [0.05, 0.1) is 0 Å². The molecule has 2 rings (SSSR count). The van der Waals surface area contributed by atoms with Gasteiger partial charge < -0.3 is 15.0 Å². The van der Waals surface area contributed by atoms with E-state index in [2.05, 4.69) is 23.7 Å². The molecule has 7 nitrogen and oxygen atoms in total. The zero-order valence-corrected chi connectivity index (χ0v) is 11.0. The molecule has 0 unspecified atom stereocenters. The lowest BCUT2D eigenvalue weighted by Gasteiger charge is -2.37. The smallest absolute Gasteiger partial charge is 0.358 e. The van der Waals surface area contributed by atoms with Crippen LogP contribution in [-0.2, 0) is 7.05 Å². The van der Waals surface area contributed by atoms with Crippen LogP contribution in [-0.4, -0.2) is 51.6 Å². The summed E-state index contributed by atoms with van der Waals surface area (Å²) in [6, 6.07) is 0.522. The number of hydrogen-bond donors (Lipinski definition) is 0. The van der Waals surface area contributed by atoms with Crippen LogP contribution in [0.25, 0.3) is 0 Å². The van der Waals surface area contributed by atoms with Crippen LogP contribution in [0.3, 0.4) is 0 Å². The Bertz CT molecular complexity index is 435. The van der Waals surface area contributed by atoms with Gasteiger partial charge in [-0.2, -0.15) is 0 Å². The maximum atomic E-state index is 10.9. The number of imidazole rings is 1. The summed E-state index contributed by atoms with van der Waals surface area (Å²) < 4.78 is 1.73. The zero-order chi connectivity index (χ0) is 13.3. The second kappa shape index (κ2) is 4.93. The predicted molar refractivity (Wildman–Crippen MR) is 68.8 cm³/mol. The highest BCUT2D eigenvalue weighted by Gasteiger charge is 2.28. The molecule has 0 amide bonds. The van der Waals surface area contributed by atoms with Gasteiger partial charge in [0, 0.05) is 39.3 Å². The van der Waals surface area contributed by atoms with Crippen molar-refractivity contribution in [2.75, 3.05) is 31.1 Å². The lowest BCUT2D eigenvalue weighted by atomic mass is 10.2. The van der Waals surface area contributed by atoms with Crippen molar-refractivity contribution >= 4 is 11.6 Å². The summed E-state index contributed by atoms with van der Waals surface area (Å²) in [6.07, 6.45) is 1.50. The minimum Gasteiger partial charge on any atom is -0.358 e. The van der Waals surface area contributed by atoms with E-state index in [9.17, 15) is 10.1 Å². The molecule has 100 valence electrons. The molecule has 2 heterocycles. The van der Waals surface area contributed by atoms with Gasteiger partial charge in [0.15, 0.2) is 0 Å². The van der Waals surface area contributed by atoms with E-state index in [1.54, 1.807) is 11.6 Å². The van der Waals surface area contributed by atoms with E-state index in [1.165, 1.54) is 6.33 Å². The Balaban J connectivity index is 2.14. The van der Waals surface area contributed by atoms with E-state index in [4.69, 9.17) is 0 Å². The molecule has 0 saturated carbocycles. The fourth-order valence-electron chi connectivity index (χ4n) is 2.35. The molecule has 0 aromatic carbocycles. The van der Waals surface area contributed by atoms with Crippen LogP contribution in [0.1, 0.15) is 13.8 Å². The molecule has 0 radical (unpaired) electrons. The number of nitrogens with zero attached hydrogens (tertiary/aromatic N) is 5. The second-order valence-electron chi connectivity index (χ2n) is 4.88. The third-order valence-corrected chi connectivity index (χ3v) is 3.40. The summed E-state index contributed by atoms with van der Waals surface area (Å²) in [6.45, 7) is 7.81. The van der Waals surface area contributed by atoms with Crippen molar-refractivity contribution in [3.63, 3.8) is 0 Å². The minimum absolute atomic E-state index is 0.0458. The lowest BCUT2D eigenvalue weighted by molar-refractivity contribution is -0.388. The van der Waals surface area contributed by atoms with Crippen molar-refractivity contribution < 1.29 is 4.92 Å². The SMILES string of the molecule is CC(C)N1CCN(c2c([N+](=O)[O-])ncn2C)CC1. The van der Waals surface area contributed by atoms with Gasteiger partial charge in [-0.3, -0.25) is 9.47 Å². The first-order valence-corrected chi connectivity index (χ1v) is 6.15. The molecular formula is C11H19N5O2. The molecule has 1 aromatic heterocycles. The van der Waals surface area contributed by atoms with Crippen molar-refractivity contribution in [1.82, 2.24) is 14.5 Å².